The van der Waals surface area contributed by atoms with Gasteiger partial charge in [0.15, 0.2) is 0 Å². The molecule has 1 fully saturated rings. The van der Waals surface area contributed by atoms with E-state index < -0.39 is 0 Å². The van der Waals surface area contributed by atoms with E-state index in [1.807, 2.05) is 0 Å². The number of nitrogens with two attached hydrogens (primary N) is 1. The van der Waals surface area contributed by atoms with E-state index in [1.165, 1.54) is 19.4 Å². The van der Waals surface area contributed by atoms with Gasteiger partial charge in [0, 0.05) is 12.6 Å². The van der Waals surface area contributed by atoms with Gasteiger partial charge in [-0.3, -0.25) is 0 Å². The van der Waals surface area contributed by atoms with Crippen molar-refractivity contribution in [1.29, 1.82) is 0 Å². The van der Waals surface area contributed by atoms with E-state index in [9.17, 15) is 0 Å². The van der Waals surface area contributed by atoms with Crippen LogP contribution in [0.15, 0.2) is 0 Å². The highest BCUT2D eigenvalue weighted by Crippen LogP contribution is 2.06. The number of likely N-dealkylation sites (tertiary alicyclic amines) is 1. The molecule has 62 valence electrons. The summed E-state index contributed by atoms with van der Waals surface area (Å²) in [6, 6.07) is 0.443. The largest absolute Gasteiger partial charge is 0.327 e. The van der Waals surface area contributed by atoms with Crippen molar-refractivity contribution >= 4 is 12.4 Å². The summed E-state index contributed by atoms with van der Waals surface area (Å²) in [5.41, 5.74) is 5.76. The highest BCUT2D eigenvalue weighted by molar-refractivity contribution is 5.85. The average Bonchev–Trinajstić information content (AvgIpc) is 1.88. The summed E-state index contributed by atoms with van der Waals surface area (Å²) in [4.78, 5) is 2.41. The first-order valence-corrected chi connectivity index (χ1v) is 3.81. The zero-order valence-electron chi connectivity index (χ0n) is 6.55. The molecule has 2 N–H and O–H groups in total. The molecule has 0 aliphatic carbocycles. The molecule has 0 unspecified atom stereocenters. The predicted octanol–water partition coefficient (Wildman–Crippen LogP) is 0.851. The number of halogens is 1. The molecule has 0 amide bonds. The van der Waals surface area contributed by atoms with Gasteiger partial charge < -0.3 is 10.6 Å². The molecule has 1 rings (SSSR count). The van der Waals surface area contributed by atoms with Crippen molar-refractivity contribution in [3.05, 3.63) is 0 Å². The summed E-state index contributed by atoms with van der Waals surface area (Å²) in [7, 11) is 0. The summed E-state index contributed by atoms with van der Waals surface area (Å²) < 4.78 is 0. The Morgan fingerprint density at radius 3 is 2.70 bits per heavy atom. The molecule has 0 aromatic carbocycles. The maximum atomic E-state index is 5.76. The lowest BCUT2D eigenvalue weighted by atomic mass is 10.1. The normalized spacial score (nSPS) is 27.6. The first-order valence-electron chi connectivity index (χ1n) is 3.81. The van der Waals surface area contributed by atoms with Gasteiger partial charge in [-0.25, -0.2) is 0 Å². The topological polar surface area (TPSA) is 29.3 Å². The van der Waals surface area contributed by atoms with Gasteiger partial charge in [-0.2, -0.15) is 0 Å². The molecule has 3 heteroatoms. The van der Waals surface area contributed by atoms with E-state index >= 15 is 0 Å². The smallest absolute Gasteiger partial charge is 0.0168 e. The van der Waals surface area contributed by atoms with E-state index in [2.05, 4.69) is 11.8 Å². The highest BCUT2D eigenvalue weighted by Gasteiger charge is 2.13. The van der Waals surface area contributed by atoms with Gasteiger partial charge >= 0.3 is 0 Å². The number of piperidine rings is 1. The molecule has 1 atom stereocenters. The number of rotatable bonds is 1. The van der Waals surface area contributed by atoms with Crippen LogP contribution in [-0.4, -0.2) is 30.6 Å². The van der Waals surface area contributed by atoms with Crippen molar-refractivity contribution in [2.75, 3.05) is 19.6 Å². The summed E-state index contributed by atoms with van der Waals surface area (Å²) in [5.74, 6) is 0. The van der Waals surface area contributed by atoms with Crippen molar-refractivity contribution in [2.45, 2.75) is 25.8 Å². The maximum absolute atomic E-state index is 5.76. The van der Waals surface area contributed by atoms with Crippen LogP contribution in [0.3, 0.4) is 0 Å². The molecule has 1 aliphatic rings. The fraction of sp³-hybridized carbons (Fsp3) is 1.00. The van der Waals surface area contributed by atoms with Gasteiger partial charge in [-0.15, -0.1) is 12.4 Å². The van der Waals surface area contributed by atoms with Crippen molar-refractivity contribution in [2.24, 2.45) is 5.73 Å². The van der Waals surface area contributed by atoms with Crippen LogP contribution in [-0.2, 0) is 0 Å². The predicted molar refractivity (Wildman–Crippen MR) is 46.6 cm³/mol. The Hall–Kier alpha value is 0.210. The SMILES string of the molecule is CCN1CCC[C@@H](N)C1.Cl. The molecule has 1 saturated heterocycles. The molecular weight excluding hydrogens is 148 g/mol. The summed E-state index contributed by atoms with van der Waals surface area (Å²) in [6.45, 7) is 5.71. The van der Waals surface area contributed by atoms with Crippen LogP contribution < -0.4 is 5.73 Å². The maximum Gasteiger partial charge on any atom is 0.0168 e. The molecular formula is C7H17ClN2. The Balaban J connectivity index is 0.000000810. The lowest BCUT2D eigenvalue weighted by molar-refractivity contribution is 0.219. The van der Waals surface area contributed by atoms with E-state index in [0.717, 1.165) is 13.1 Å². The summed E-state index contributed by atoms with van der Waals surface area (Å²) in [6.07, 6.45) is 2.51. The van der Waals surface area contributed by atoms with Crippen molar-refractivity contribution in [1.82, 2.24) is 4.90 Å². The second-order valence-corrected chi connectivity index (χ2v) is 2.80. The van der Waals surface area contributed by atoms with Crippen LogP contribution >= 0.6 is 12.4 Å². The molecule has 0 bridgehead atoms. The quantitative estimate of drug-likeness (QED) is 0.623. The Morgan fingerprint density at radius 2 is 2.30 bits per heavy atom. The minimum Gasteiger partial charge on any atom is -0.327 e. The monoisotopic (exact) mass is 164 g/mol. The molecule has 0 radical (unpaired) electrons. The van der Waals surface area contributed by atoms with E-state index in [-0.39, 0.29) is 12.4 Å². The minimum atomic E-state index is 0. The van der Waals surface area contributed by atoms with Crippen molar-refractivity contribution in [3.8, 4) is 0 Å². The van der Waals surface area contributed by atoms with Crippen LogP contribution in [0.4, 0.5) is 0 Å². The van der Waals surface area contributed by atoms with E-state index in [0.29, 0.717) is 6.04 Å². The molecule has 0 saturated carbocycles. The molecule has 0 aromatic rings. The lowest BCUT2D eigenvalue weighted by Crippen LogP contribution is -2.42. The third kappa shape index (κ3) is 2.86. The molecule has 1 heterocycles. The molecule has 0 aromatic heterocycles. The zero-order chi connectivity index (χ0) is 6.69. The third-order valence-electron chi connectivity index (χ3n) is 1.99. The number of hydrogen-bond acceptors (Lipinski definition) is 2. The van der Waals surface area contributed by atoms with Crippen molar-refractivity contribution < 1.29 is 0 Å². The standard InChI is InChI=1S/C7H16N2.ClH/c1-2-9-5-3-4-7(8)6-9;/h7H,2-6,8H2,1H3;1H/t7-;/m1./s1. The number of likely N-dealkylation sites (N-methyl/N-ethyl adjacent to an activating group) is 1. The molecule has 2 nitrogen and oxygen atoms in total. The second-order valence-electron chi connectivity index (χ2n) is 2.80. The molecule has 1 aliphatic heterocycles. The lowest BCUT2D eigenvalue weighted by Gasteiger charge is -2.29. The van der Waals surface area contributed by atoms with Crippen LogP contribution in [0.5, 0.6) is 0 Å². The van der Waals surface area contributed by atoms with Gasteiger partial charge in [-0.1, -0.05) is 6.92 Å². The molecule has 10 heavy (non-hydrogen) atoms. The fourth-order valence-corrected chi connectivity index (χ4v) is 1.38. The van der Waals surface area contributed by atoms with Gasteiger partial charge in [0.2, 0.25) is 0 Å². The highest BCUT2D eigenvalue weighted by atomic mass is 35.5. The summed E-state index contributed by atoms with van der Waals surface area (Å²) in [5, 5.41) is 0. The average molecular weight is 165 g/mol. The molecule has 0 spiro atoms. The first kappa shape index (κ1) is 10.2. The zero-order valence-corrected chi connectivity index (χ0v) is 7.36. The van der Waals surface area contributed by atoms with Crippen LogP contribution in [0.25, 0.3) is 0 Å². The Labute approximate surface area is 69.2 Å². The first-order chi connectivity index (χ1) is 4.33. The summed E-state index contributed by atoms with van der Waals surface area (Å²) >= 11 is 0. The number of nitrogens with zero attached hydrogens (tertiary/aromatic N) is 1. The third-order valence-corrected chi connectivity index (χ3v) is 1.99. The number of hydrogen-bond donors (Lipinski definition) is 1. The second kappa shape index (κ2) is 4.94. The van der Waals surface area contributed by atoms with Crippen LogP contribution in [0.2, 0.25) is 0 Å². The fourth-order valence-electron chi connectivity index (χ4n) is 1.38. The van der Waals surface area contributed by atoms with Crippen molar-refractivity contribution in [3.63, 3.8) is 0 Å². The van der Waals surface area contributed by atoms with E-state index in [4.69, 9.17) is 5.73 Å². The minimum absolute atomic E-state index is 0. The van der Waals surface area contributed by atoms with Crippen LogP contribution in [0, 0.1) is 0 Å². The van der Waals surface area contributed by atoms with Crippen LogP contribution in [0.1, 0.15) is 19.8 Å². The Morgan fingerprint density at radius 1 is 1.60 bits per heavy atom. The Bertz CT molecular complexity index is 87.7. The Kier molecular flexibility index (Phi) is 5.04. The van der Waals surface area contributed by atoms with Gasteiger partial charge in [0.1, 0.15) is 0 Å². The van der Waals surface area contributed by atoms with Gasteiger partial charge in [-0.05, 0) is 25.9 Å². The van der Waals surface area contributed by atoms with Gasteiger partial charge in [0.25, 0.3) is 0 Å². The van der Waals surface area contributed by atoms with E-state index in [1.54, 1.807) is 0 Å². The van der Waals surface area contributed by atoms with Gasteiger partial charge in [0.05, 0.1) is 0 Å².